The highest BCUT2D eigenvalue weighted by Crippen LogP contribution is 2.34. The van der Waals surface area contributed by atoms with Gasteiger partial charge in [-0.05, 0) is 24.6 Å². The number of rotatable bonds is 5. The van der Waals surface area contributed by atoms with Gasteiger partial charge in [0.1, 0.15) is 17.7 Å². The zero-order chi connectivity index (χ0) is 21.6. The Balaban J connectivity index is 2.07. The molecule has 0 radical (unpaired) electrons. The van der Waals surface area contributed by atoms with Crippen molar-refractivity contribution in [3.63, 3.8) is 0 Å². The number of nitrogens with zero attached hydrogens (tertiary/aromatic N) is 2. The number of aryl methyl sites for hydroxylation is 1. The fraction of sp³-hybridized carbons (Fsp3) is 0.250. The molecule has 13 heteroatoms. The third-order valence-corrected chi connectivity index (χ3v) is 6.04. The second kappa shape index (κ2) is 7.58. The molecule has 0 aliphatic rings. The largest absolute Gasteiger partial charge is 0.434 e. The maximum atomic E-state index is 13.6. The number of aromatic amines is 1. The van der Waals surface area contributed by atoms with Crippen LogP contribution >= 0.6 is 22.9 Å². The summed E-state index contributed by atoms with van der Waals surface area (Å²) in [6.45, 7) is 1.57. The van der Waals surface area contributed by atoms with Gasteiger partial charge in [-0.3, -0.25) is 0 Å². The maximum absolute atomic E-state index is 13.6. The molecule has 0 bridgehead atoms. The summed E-state index contributed by atoms with van der Waals surface area (Å²) in [4.78, 5) is 10.6. The summed E-state index contributed by atoms with van der Waals surface area (Å²) in [5.74, 6) is -0.493. The number of benzene rings is 1. The Hall–Kier alpha value is -2.18. The lowest BCUT2D eigenvalue weighted by atomic mass is 10.1. The lowest BCUT2D eigenvalue weighted by Crippen LogP contribution is -2.15. The van der Waals surface area contributed by atoms with Gasteiger partial charge in [0, 0.05) is 17.3 Å². The van der Waals surface area contributed by atoms with Gasteiger partial charge in [0.25, 0.3) is 0 Å². The first kappa shape index (κ1) is 21.5. The standard InChI is InChI=1S/C16H14ClF4N5OS2/c1-7-14(29(2,22)27)26-13(23-7)12(8-3-4-10(18)9(17)5-8)25-15-24-11(6-28-15)16(19,20)21/h3-6,12,22H,1-2H3,(H,23,26)(H,24,25)/t12-,29+/m0/s1. The number of H-pyrrole nitrogens is 1. The van der Waals surface area contributed by atoms with Crippen molar-refractivity contribution in [3.8, 4) is 0 Å². The molecule has 0 saturated heterocycles. The molecule has 3 N–H and O–H groups in total. The summed E-state index contributed by atoms with van der Waals surface area (Å²) in [6, 6.07) is 2.89. The molecule has 29 heavy (non-hydrogen) atoms. The number of anilines is 1. The van der Waals surface area contributed by atoms with E-state index in [4.69, 9.17) is 16.4 Å². The number of imidazole rings is 1. The monoisotopic (exact) mass is 467 g/mol. The van der Waals surface area contributed by atoms with Crippen LogP contribution in [0, 0.1) is 17.5 Å². The maximum Gasteiger partial charge on any atom is 0.434 e. The van der Waals surface area contributed by atoms with E-state index >= 15 is 0 Å². The molecule has 3 aromatic rings. The predicted octanol–water partition coefficient (Wildman–Crippen LogP) is 5.22. The zero-order valence-electron chi connectivity index (χ0n) is 14.9. The molecule has 0 aliphatic heterocycles. The molecule has 3 rings (SSSR count). The Morgan fingerprint density at radius 3 is 2.55 bits per heavy atom. The van der Waals surface area contributed by atoms with E-state index in [9.17, 15) is 21.8 Å². The molecule has 0 spiro atoms. The highest BCUT2D eigenvalue weighted by atomic mass is 35.5. The van der Waals surface area contributed by atoms with Crippen molar-refractivity contribution in [2.45, 2.75) is 24.2 Å². The SMILES string of the molecule is Cc1[nH]c([C@@H](Nc2nc(C(F)(F)F)cs2)c2ccc(F)c(Cl)c2)nc1[S@](C)(=N)=O. The topological polar surface area (TPSA) is 94.5 Å². The minimum atomic E-state index is -4.60. The minimum absolute atomic E-state index is 0.0163. The second-order valence-corrected chi connectivity index (χ2v) is 9.52. The van der Waals surface area contributed by atoms with Crippen LogP contribution < -0.4 is 5.32 Å². The molecule has 0 saturated carbocycles. The summed E-state index contributed by atoms with van der Waals surface area (Å²) >= 11 is 6.58. The van der Waals surface area contributed by atoms with Crippen LogP contribution in [-0.4, -0.2) is 25.4 Å². The number of aromatic nitrogens is 3. The van der Waals surface area contributed by atoms with Crippen molar-refractivity contribution in [2.24, 2.45) is 0 Å². The van der Waals surface area contributed by atoms with Gasteiger partial charge < -0.3 is 10.3 Å². The smallest absolute Gasteiger partial charge is 0.348 e. The Morgan fingerprint density at radius 1 is 1.34 bits per heavy atom. The van der Waals surface area contributed by atoms with Crippen molar-refractivity contribution in [1.29, 1.82) is 4.78 Å². The van der Waals surface area contributed by atoms with E-state index < -0.39 is 33.5 Å². The first-order chi connectivity index (χ1) is 13.4. The van der Waals surface area contributed by atoms with Crippen molar-refractivity contribution in [1.82, 2.24) is 15.0 Å². The number of thiazole rings is 1. The number of hydrogen-bond donors (Lipinski definition) is 3. The van der Waals surface area contributed by atoms with Crippen molar-refractivity contribution < 1.29 is 21.8 Å². The van der Waals surface area contributed by atoms with Crippen LogP contribution in [-0.2, 0) is 15.9 Å². The first-order valence-corrected chi connectivity index (χ1v) is 11.1. The van der Waals surface area contributed by atoms with Crippen molar-refractivity contribution in [2.75, 3.05) is 11.6 Å². The molecular formula is C16H14ClF4N5OS2. The highest BCUT2D eigenvalue weighted by molar-refractivity contribution is 7.91. The quantitative estimate of drug-likeness (QED) is 0.448. The van der Waals surface area contributed by atoms with Gasteiger partial charge in [-0.2, -0.15) is 13.2 Å². The van der Waals surface area contributed by atoms with Gasteiger partial charge in [0.2, 0.25) is 0 Å². The third kappa shape index (κ3) is 4.70. The second-order valence-electron chi connectivity index (χ2n) is 6.18. The molecule has 6 nitrogen and oxygen atoms in total. The van der Waals surface area contributed by atoms with Gasteiger partial charge in [-0.1, -0.05) is 17.7 Å². The van der Waals surface area contributed by atoms with E-state index in [0.29, 0.717) is 11.3 Å². The molecular weight excluding hydrogens is 454 g/mol. The predicted molar refractivity (Wildman–Crippen MR) is 102 cm³/mol. The molecule has 2 aromatic heterocycles. The lowest BCUT2D eigenvalue weighted by Gasteiger charge is -2.17. The summed E-state index contributed by atoms with van der Waals surface area (Å²) in [6.07, 6.45) is -3.40. The molecule has 0 fully saturated rings. The summed E-state index contributed by atoms with van der Waals surface area (Å²) in [5, 5.41) is 3.46. The average Bonchev–Trinajstić information content (AvgIpc) is 3.21. The van der Waals surface area contributed by atoms with Gasteiger partial charge in [-0.25, -0.2) is 23.3 Å². The number of alkyl halides is 3. The minimum Gasteiger partial charge on any atom is -0.348 e. The molecule has 156 valence electrons. The number of hydrogen-bond acceptors (Lipinski definition) is 6. The van der Waals surface area contributed by atoms with Crippen LogP contribution in [0.5, 0.6) is 0 Å². The van der Waals surface area contributed by atoms with E-state index in [0.717, 1.165) is 22.8 Å². The Labute approximate surface area is 172 Å². The van der Waals surface area contributed by atoms with Crippen LogP contribution in [0.1, 0.15) is 28.8 Å². The van der Waals surface area contributed by atoms with Gasteiger partial charge >= 0.3 is 6.18 Å². The van der Waals surface area contributed by atoms with Crippen molar-refractivity contribution in [3.05, 3.63) is 57.2 Å². The normalized spacial score (nSPS) is 15.1. The Morgan fingerprint density at radius 2 is 2.03 bits per heavy atom. The van der Waals surface area contributed by atoms with Crippen LogP contribution in [0.2, 0.25) is 5.02 Å². The van der Waals surface area contributed by atoms with E-state index in [1.807, 2.05) is 0 Å². The summed E-state index contributed by atoms with van der Waals surface area (Å²) in [5.41, 5.74) is -0.300. The molecule has 0 unspecified atom stereocenters. The number of nitrogens with one attached hydrogen (secondary N) is 3. The Kier molecular flexibility index (Phi) is 5.62. The fourth-order valence-electron chi connectivity index (χ4n) is 2.58. The molecule has 0 aliphatic carbocycles. The van der Waals surface area contributed by atoms with Crippen molar-refractivity contribution >= 4 is 37.8 Å². The van der Waals surface area contributed by atoms with Crippen LogP contribution in [0.15, 0.2) is 28.6 Å². The highest BCUT2D eigenvalue weighted by Gasteiger charge is 2.34. The van der Waals surface area contributed by atoms with E-state index in [2.05, 4.69) is 20.3 Å². The third-order valence-electron chi connectivity index (χ3n) is 3.84. The van der Waals surface area contributed by atoms with Gasteiger partial charge in [-0.15, -0.1) is 11.3 Å². The Bertz CT molecular complexity index is 1160. The van der Waals surface area contributed by atoms with E-state index in [-0.39, 0.29) is 21.0 Å². The van der Waals surface area contributed by atoms with Gasteiger partial charge in [0.15, 0.2) is 15.9 Å². The summed E-state index contributed by atoms with van der Waals surface area (Å²) < 4.78 is 72.0. The van der Waals surface area contributed by atoms with E-state index in [1.54, 1.807) is 6.92 Å². The first-order valence-electron chi connectivity index (χ1n) is 7.91. The molecule has 2 heterocycles. The van der Waals surface area contributed by atoms with Crippen LogP contribution in [0.3, 0.4) is 0 Å². The van der Waals surface area contributed by atoms with Crippen LogP contribution in [0.25, 0.3) is 0 Å². The molecule has 2 atom stereocenters. The van der Waals surface area contributed by atoms with Crippen LogP contribution in [0.4, 0.5) is 22.7 Å². The molecule has 0 amide bonds. The lowest BCUT2D eigenvalue weighted by molar-refractivity contribution is -0.140. The molecule has 1 aromatic carbocycles. The zero-order valence-corrected chi connectivity index (χ0v) is 17.3. The fourth-order valence-corrected chi connectivity index (χ4v) is 4.42. The summed E-state index contributed by atoms with van der Waals surface area (Å²) in [7, 11) is -3.15. The average molecular weight is 468 g/mol. The number of halogens is 5. The van der Waals surface area contributed by atoms with Gasteiger partial charge in [0.05, 0.1) is 14.8 Å². The van der Waals surface area contributed by atoms with E-state index in [1.165, 1.54) is 18.4 Å².